The summed E-state index contributed by atoms with van der Waals surface area (Å²) in [4.78, 5) is 47.2. The Morgan fingerprint density at radius 3 is 1.08 bits per heavy atom. The summed E-state index contributed by atoms with van der Waals surface area (Å²) in [5.41, 5.74) is 5.00. The number of amides is 2. The molecule has 3 aromatic rings. The number of anilines is 2. The fourth-order valence-corrected chi connectivity index (χ4v) is 4.26. The van der Waals surface area contributed by atoms with E-state index in [9.17, 15) is 29.8 Å². The van der Waals surface area contributed by atoms with E-state index in [4.69, 9.17) is 0 Å². The number of hydrogen-bond donors (Lipinski definition) is 2. The van der Waals surface area contributed by atoms with E-state index < -0.39 is 21.7 Å². The minimum atomic E-state index is -0.498. The molecule has 0 aliphatic heterocycles. The molecule has 0 heterocycles. The van der Waals surface area contributed by atoms with E-state index in [-0.39, 0.29) is 11.4 Å². The second-order valence-electron chi connectivity index (χ2n) is 8.81. The molecule has 0 saturated carbocycles. The second-order valence-corrected chi connectivity index (χ2v) is 8.81. The van der Waals surface area contributed by atoms with Crippen molar-refractivity contribution in [1.82, 2.24) is 0 Å². The monoisotopic (exact) mass is 490 g/mol. The third-order valence-electron chi connectivity index (χ3n) is 5.98. The van der Waals surface area contributed by atoms with Gasteiger partial charge in [-0.3, -0.25) is 29.8 Å². The van der Waals surface area contributed by atoms with Crippen molar-refractivity contribution < 1.29 is 19.4 Å². The number of nitro groups is 2. The van der Waals surface area contributed by atoms with E-state index in [0.29, 0.717) is 55.9 Å². The summed E-state index contributed by atoms with van der Waals surface area (Å²) in [6, 6.07) is 8.91. The van der Waals surface area contributed by atoms with Gasteiger partial charge in [0.15, 0.2) is 0 Å². The molecular formula is C26H26N4O6. The molecule has 0 spiro atoms. The van der Waals surface area contributed by atoms with Crippen molar-refractivity contribution in [2.75, 3.05) is 10.6 Å². The maximum absolute atomic E-state index is 13.0. The van der Waals surface area contributed by atoms with Crippen LogP contribution in [0.15, 0.2) is 36.4 Å². The lowest BCUT2D eigenvalue weighted by molar-refractivity contribution is -0.385. The lowest BCUT2D eigenvalue weighted by atomic mass is 10.00. The molecule has 0 atom stereocenters. The molecule has 0 aliphatic rings. The van der Waals surface area contributed by atoms with Crippen LogP contribution in [0.3, 0.4) is 0 Å². The highest BCUT2D eigenvalue weighted by molar-refractivity contribution is 6.08. The molecule has 0 aromatic heterocycles. The number of benzene rings is 3. The van der Waals surface area contributed by atoms with Crippen LogP contribution < -0.4 is 10.6 Å². The third-order valence-corrected chi connectivity index (χ3v) is 5.98. The first-order valence-electron chi connectivity index (χ1n) is 11.0. The second kappa shape index (κ2) is 9.95. The van der Waals surface area contributed by atoms with Crippen LogP contribution in [0.1, 0.15) is 54.1 Å². The van der Waals surface area contributed by atoms with E-state index in [1.807, 2.05) is 0 Å². The summed E-state index contributed by atoms with van der Waals surface area (Å²) in [6.07, 6.45) is 0. The van der Waals surface area contributed by atoms with Crippen LogP contribution in [0.4, 0.5) is 22.7 Å². The Hall–Kier alpha value is -4.60. The SMILES string of the molecule is Cc1cc(NC(=O)c2c(C)cc([N+](=O)[O-])cc2C)c(C)cc1NC(=O)c1c(C)cc([N+](=O)[O-])cc1C. The maximum atomic E-state index is 13.0. The highest BCUT2D eigenvalue weighted by atomic mass is 16.6. The van der Waals surface area contributed by atoms with E-state index in [1.54, 1.807) is 53.7 Å². The van der Waals surface area contributed by atoms with Crippen molar-refractivity contribution in [3.05, 3.63) is 101 Å². The van der Waals surface area contributed by atoms with Crippen molar-refractivity contribution in [1.29, 1.82) is 0 Å². The molecule has 2 amide bonds. The maximum Gasteiger partial charge on any atom is 0.270 e. The predicted molar refractivity (Wildman–Crippen MR) is 137 cm³/mol. The first-order valence-corrected chi connectivity index (χ1v) is 11.0. The summed E-state index contributed by atoms with van der Waals surface area (Å²) >= 11 is 0. The van der Waals surface area contributed by atoms with Gasteiger partial charge in [-0.15, -0.1) is 0 Å². The smallest absolute Gasteiger partial charge is 0.270 e. The van der Waals surface area contributed by atoms with Crippen LogP contribution in [-0.2, 0) is 0 Å². The Balaban J connectivity index is 1.86. The number of nitrogens with zero attached hydrogens (tertiary/aromatic N) is 2. The molecular weight excluding hydrogens is 464 g/mol. The predicted octanol–water partition coefficient (Wildman–Crippen LogP) is 5.86. The molecule has 3 rings (SSSR count). The van der Waals surface area contributed by atoms with Gasteiger partial charge in [-0.1, -0.05) is 0 Å². The molecule has 0 aliphatic carbocycles. The lowest BCUT2D eigenvalue weighted by Crippen LogP contribution is -2.18. The Kier molecular flexibility index (Phi) is 7.19. The average molecular weight is 491 g/mol. The molecule has 0 radical (unpaired) electrons. The summed E-state index contributed by atoms with van der Waals surface area (Å²) in [7, 11) is 0. The fourth-order valence-electron chi connectivity index (χ4n) is 4.26. The van der Waals surface area contributed by atoms with Crippen LogP contribution in [-0.4, -0.2) is 21.7 Å². The van der Waals surface area contributed by atoms with E-state index in [0.717, 1.165) is 0 Å². The lowest BCUT2D eigenvalue weighted by Gasteiger charge is -2.16. The largest absolute Gasteiger partial charge is 0.322 e. The molecule has 0 fully saturated rings. The molecule has 0 saturated heterocycles. The molecule has 186 valence electrons. The van der Waals surface area contributed by atoms with Crippen LogP contribution in [0, 0.1) is 61.8 Å². The Morgan fingerprint density at radius 1 is 0.556 bits per heavy atom. The summed E-state index contributed by atoms with van der Waals surface area (Å²) in [6.45, 7) is 10.1. The Morgan fingerprint density at radius 2 is 0.833 bits per heavy atom. The summed E-state index contributed by atoms with van der Waals surface area (Å²) in [5, 5.41) is 27.9. The van der Waals surface area contributed by atoms with Crippen molar-refractivity contribution in [2.24, 2.45) is 0 Å². The summed E-state index contributed by atoms with van der Waals surface area (Å²) < 4.78 is 0. The van der Waals surface area contributed by atoms with E-state index >= 15 is 0 Å². The normalized spacial score (nSPS) is 10.6. The molecule has 3 aromatic carbocycles. The van der Waals surface area contributed by atoms with E-state index in [1.165, 1.54) is 24.3 Å². The van der Waals surface area contributed by atoms with Crippen LogP contribution in [0.2, 0.25) is 0 Å². The molecule has 0 bridgehead atoms. The molecule has 36 heavy (non-hydrogen) atoms. The van der Waals surface area contributed by atoms with Crippen LogP contribution in [0.25, 0.3) is 0 Å². The number of aryl methyl sites for hydroxylation is 6. The topological polar surface area (TPSA) is 144 Å². The van der Waals surface area contributed by atoms with Gasteiger partial charge in [0.25, 0.3) is 23.2 Å². The van der Waals surface area contributed by atoms with Crippen molar-refractivity contribution in [2.45, 2.75) is 41.5 Å². The van der Waals surface area contributed by atoms with Crippen LogP contribution >= 0.6 is 0 Å². The van der Waals surface area contributed by atoms with Gasteiger partial charge in [-0.05, 0) is 87.1 Å². The van der Waals surface area contributed by atoms with Crippen molar-refractivity contribution in [3.8, 4) is 0 Å². The Labute approximate surface area is 207 Å². The number of carbonyl (C=O) groups excluding carboxylic acids is 2. The minimum absolute atomic E-state index is 0.0767. The molecule has 10 nitrogen and oxygen atoms in total. The minimum Gasteiger partial charge on any atom is -0.322 e. The zero-order chi connectivity index (χ0) is 26.9. The third kappa shape index (κ3) is 5.22. The number of carbonyl (C=O) groups is 2. The standard InChI is InChI=1S/C26H26N4O6/c1-13-11-22(28-26(32)24-17(5)9-20(30(35)36)10-18(24)6)14(2)12-21(13)27-25(31)23-15(3)7-19(29(33)34)8-16(23)4/h7-12H,1-6H3,(H,27,31)(H,28,32). The average Bonchev–Trinajstić information content (AvgIpc) is 2.75. The first kappa shape index (κ1) is 26.0. The fraction of sp³-hybridized carbons (Fsp3) is 0.231. The number of nitro benzene ring substituents is 2. The van der Waals surface area contributed by atoms with Crippen LogP contribution in [0.5, 0.6) is 0 Å². The van der Waals surface area contributed by atoms with Gasteiger partial charge in [0.05, 0.1) is 9.85 Å². The Bertz CT molecular complexity index is 1290. The zero-order valence-electron chi connectivity index (χ0n) is 20.8. The molecule has 0 unspecified atom stereocenters. The van der Waals surface area contributed by atoms with Gasteiger partial charge < -0.3 is 10.6 Å². The van der Waals surface area contributed by atoms with Gasteiger partial charge in [-0.25, -0.2) is 0 Å². The van der Waals surface area contributed by atoms with Crippen molar-refractivity contribution >= 4 is 34.6 Å². The van der Waals surface area contributed by atoms with Gasteiger partial charge >= 0.3 is 0 Å². The first-order chi connectivity index (χ1) is 16.8. The highest BCUT2D eigenvalue weighted by Crippen LogP contribution is 2.29. The number of nitrogens with one attached hydrogen (secondary N) is 2. The summed E-state index contributed by atoms with van der Waals surface area (Å²) in [5.74, 6) is -0.785. The zero-order valence-corrected chi connectivity index (χ0v) is 20.8. The number of rotatable bonds is 6. The quantitative estimate of drug-likeness (QED) is 0.327. The van der Waals surface area contributed by atoms with Gasteiger partial charge in [-0.2, -0.15) is 0 Å². The number of hydrogen-bond acceptors (Lipinski definition) is 6. The molecule has 2 N–H and O–H groups in total. The highest BCUT2D eigenvalue weighted by Gasteiger charge is 2.20. The van der Waals surface area contributed by atoms with Gasteiger partial charge in [0.2, 0.25) is 0 Å². The number of non-ortho nitro benzene ring substituents is 2. The van der Waals surface area contributed by atoms with Gasteiger partial charge in [0.1, 0.15) is 0 Å². The van der Waals surface area contributed by atoms with Crippen molar-refractivity contribution in [3.63, 3.8) is 0 Å². The van der Waals surface area contributed by atoms with E-state index in [2.05, 4.69) is 10.6 Å². The molecule has 10 heteroatoms. The van der Waals surface area contributed by atoms with Gasteiger partial charge in [0, 0.05) is 46.8 Å².